The van der Waals surface area contributed by atoms with Crippen molar-refractivity contribution in [3.63, 3.8) is 0 Å². The van der Waals surface area contributed by atoms with Crippen molar-refractivity contribution < 1.29 is 13.5 Å². The topological polar surface area (TPSA) is 21.3 Å². The molecule has 2 aromatic carbocycles. The fourth-order valence-electron chi connectivity index (χ4n) is 2.33. The van der Waals surface area contributed by atoms with Crippen LogP contribution in [0.2, 0.25) is 0 Å². The van der Waals surface area contributed by atoms with Gasteiger partial charge in [-0.3, -0.25) is 0 Å². The first-order chi connectivity index (χ1) is 10.0. The Hall–Kier alpha value is -1.14. The van der Waals surface area contributed by atoms with Gasteiger partial charge in [0.2, 0.25) is 0 Å². The molecule has 0 spiro atoms. The van der Waals surface area contributed by atoms with Crippen molar-refractivity contribution in [1.29, 1.82) is 0 Å². The second-order valence-corrected chi connectivity index (χ2v) is 6.59. The highest BCUT2D eigenvalue weighted by molar-refractivity contribution is 9.10. The van der Waals surface area contributed by atoms with Crippen LogP contribution in [0.3, 0.4) is 0 Å². The van der Waals surface area contributed by atoms with Crippen LogP contribution in [0, 0.1) is 11.6 Å². The van der Waals surface area contributed by atoms with Gasteiger partial charge < -0.3 is 10.1 Å². The zero-order valence-corrected chi connectivity index (χ0v) is 14.0. The summed E-state index contributed by atoms with van der Waals surface area (Å²) in [6.45, 7) is 0.438. The zero-order chi connectivity index (χ0) is 15.0. The van der Waals surface area contributed by atoms with Crippen LogP contribution in [0.15, 0.2) is 39.3 Å². The van der Waals surface area contributed by atoms with Crippen molar-refractivity contribution in [2.45, 2.75) is 12.5 Å². The SMILES string of the molecule is Fc1cc(F)c(NCC2Cc3cc(Br)ccc3O2)c(Br)c1. The van der Waals surface area contributed by atoms with E-state index in [1.54, 1.807) is 0 Å². The molecule has 0 radical (unpaired) electrons. The maximum Gasteiger partial charge on any atom is 0.150 e. The van der Waals surface area contributed by atoms with Crippen LogP contribution in [-0.4, -0.2) is 12.6 Å². The van der Waals surface area contributed by atoms with Crippen molar-refractivity contribution in [3.05, 3.63) is 56.5 Å². The fraction of sp³-hybridized carbons (Fsp3) is 0.200. The van der Waals surface area contributed by atoms with Crippen LogP contribution >= 0.6 is 31.9 Å². The van der Waals surface area contributed by atoms with Crippen molar-refractivity contribution in [2.24, 2.45) is 0 Å². The van der Waals surface area contributed by atoms with E-state index >= 15 is 0 Å². The molecule has 0 aliphatic carbocycles. The lowest BCUT2D eigenvalue weighted by Gasteiger charge is -2.14. The molecule has 6 heteroatoms. The molecule has 0 saturated carbocycles. The van der Waals surface area contributed by atoms with Gasteiger partial charge in [0.15, 0.2) is 0 Å². The van der Waals surface area contributed by atoms with E-state index in [-0.39, 0.29) is 11.8 Å². The van der Waals surface area contributed by atoms with E-state index in [2.05, 4.69) is 37.2 Å². The number of hydrogen-bond acceptors (Lipinski definition) is 2. The van der Waals surface area contributed by atoms with Crippen molar-refractivity contribution in [3.8, 4) is 5.75 Å². The number of fused-ring (bicyclic) bond motifs is 1. The van der Waals surface area contributed by atoms with Gasteiger partial charge in [0.05, 0.1) is 12.2 Å². The number of anilines is 1. The van der Waals surface area contributed by atoms with Gasteiger partial charge in [-0.15, -0.1) is 0 Å². The Kier molecular flexibility index (Phi) is 4.17. The van der Waals surface area contributed by atoms with E-state index in [1.165, 1.54) is 6.07 Å². The monoisotopic (exact) mass is 417 g/mol. The molecule has 1 N–H and O–H groups in total. The van der Waals surface area contributed by atoms with Crippen LogP contribution in [-0.2, 0) is 6.42 Å². The molecule has 0 bridgehead atoms. The molecule has 1 unspecified atom stereocenters. The van der Waals surface area contributed by atoms with Gasteiger partial charge >= 0.3 is 0 Å². The predicted molar refractivity (Wildman–Crippen MR) is 84.8 cm³/mol. The summed E-state index contributed by atoms with van der Waals surface area (Å²) in [7, 11) is 0. The summed E-state index contributed by atoms with van der Waals surface area (Å²) in [5, 5.41) is 2.97. The van der Waals surface area contributed by atoms with Gasteiger partial charge in [-0.1, -0.05) is 15.9 Å². The molecule has 0 fully saturated rings. The van der Waals surface area contributed by atoms with Crippen LogP contribution in [0.4, 0.5) is 14.5 Å². The third kappa shape index (κ3) is 3.21. The maximum atomic E-state index is 13.7. The lowest BCUT2D eigenvalue weighted by atomic mass is 10.1. The van der Waals surface area contributed by atoms with Crippen LogP contribution in [0.1, 0.15) is 5.56 Å². The Morgan fingerprint density at radius 2 is 2.00 bits per heavy atom. The first kappa shape index (κ1) is 14.8. The summed E-state index contributed by atoms with van der Waals surface area (Å²) < 4.78 is 33.9. The third-order valence-electron chi connectivity index (χ3n) is 3.28. The number of benzene rings is 2. The van der Waals surface area contributed by atoms with Crippen LogP contribution in [0.25, 0.3) is 0 Å². The summed E-state index contributed by atoms with van der Waals surface area (Å²) in [5.41, 5.74) is 1.37. The van der Waals surface area contributed by atoms with Crippen LogP contribution in [0.5, 0.6) is 5.75 Å². The minimum Gasteiger partial charge on any atom is -0.488 e. The quantitative estimate of drug-likeness (QED) is 0.764. The Morgan fingerprint density at radius 1 is 1.19 bits per heavy atom. The second kappa shape index (κ2) is 5.93. The molecule has 0 amide bonds. The Morgan fingerprint density at radius 3 is 2.76 bits per heavy atom. The summed E-state index contributed by atoms with van der Waals surface area (Å²) in [6, 6.07) is 7.93. The maximum absolute atomic E-state index is 13.7. The van der Waals surface area contributed by atoms with E-state index in [9.17, 15) is 8.78 Å². The molecule has 2 nitrogen and oxygen atoms in total. The smallest absolute Gasteiger partial charge is 0.150 e. The van der Waals surface area contributed by atoms with Crippen molar-refractivity contribution >= 4 is 37.5 Å². The highest BCUT2D eigenvalue weighted by Crippen LogP contribution is 2.32. The predicted octanol–water partition coefficient (Wildman–Crippen LogP) is 4.91. The minimum atomic E-state index is -0.625. The normalized spacial score (nSPS) is 16.5. The average Bonchev–Trinajstić information content (AvgIpc) is 2.79. The van der Waals surface area contributed by atoms with Crippen LogP contribution < -0.4 is 10.1 Å². The molecule has 3 rings (SSSR count). The summed E-state index contributed by atoms with van der Waals surface area (Å²) in [4.78, 5) is 0. The Bertz CT molecular complexity index is 670. The summed E-state index contributed by atoms with van der Waals surface area (Å²) in [5.74, 6) is -0.386. The zero-order valence-electron chi connectivity index (χ0n) is 10.8. The number of ether oxygens (including phenoxy) is 1. The van der Waals surface area contributed by atoms with Crippen molar-refractivity contribution in [1.82, 2.24) is 0 Å². The molecule has 0 aromatic heterocycles. The first-order valence-electron chi connectivity index (χ1n) is 6.36. The number of halogens is 4. The third-order valence-corrected chi connectivity index (χ3v) is 4.40. The number of nitrogens with one attached hydrogen (secondary N) is 1. The van der Waals surface area contributed by atoms with Gasteiger partial charge in [0, 0.05) is 21.4 Å². The molecule has 21 heavy (non-hydrogen) atoms. The van der Waals surface area contributed by atoms with Gasteiger partial charge in [-0.05, 0) is 45.8 Å². The molecule has 110 valence electrons. The second-order valence-electron chi connectivity index (χ2n) is 4.82. The van der Waals surface area contributed by atoms with E-state index in [0.29, 0.717) is 11.0 Å². The number of hydrogen-bond donors (Lipinski definition) is 1. The van der Waals surface area contributed by atoms with Gasteiger partial charge in [0.1, 0.15) is 23.5 Å². The standard InChI is InChI=1S/C15H11Br2F2NO/c16-9-1-2-14-8(3-9)4-11(21-14)7-20-15-12(17)5-10(18)6-13(15)19/h1-3,5-6,11,20H,4,7H2. The Balaban J connectivity index is 1.68. The average molecular weight is 419 g/mol. The van der Waals surface area contributed by atoms with Crippen molar-refractivity contribution in [2.75, 3.05) is 11.9 Å². The molecule has 1 atom stereocenters. The molecular formula is C15H11Br2F2NO. The highest BCUT2D eigenvalue weighted by Gasteiger charge is 2.23. The lowest BCUT2D eigenvalue weighted by Crippen LogP contribution is -2.24. The highest BCUT2D eigenvalue weighted by atomic mass is 79.9. The first-order valence-corrected chi connectivity index (χ1v) is 7.95. The van der Waals surface area contributed by atoms with E-state index in [1.807, 2.05) is 18.2 Å². The van der Waals surface area contributed by atoms with Gasteiger partial charge in [0.25, 0.3) is 0 Å². The summed E-state index contributed by atoms with van der Waals surface area (Å²) in [6.07, 6.45) is 0.674. The molecule has 0 saturated heterocycles. The van der Waals surface area contributed by atoms with E-state index in [0.717, 1.165) is 28.3 Å². The van der Waals surface area contributed by atoms with E-state index in [4.69, 9.17) is 4.74 Å². The summed E-state index contributed by atoms with van der Waals surface area (Å²) >= 11 is 6.58. The Labute approximate surface area is 137 Å². The van der Waals surface area contributed by atoms with E-state index < -0.39 is 11.6 Å². The molecule has 1 aliphatic rings. The van der Waals surface area contributed by atoms with Gasteiger partial charge in [-0.2, -0.15) is 0 Å². The minimum absolute atomic E-state index is 0.0781. The molecule has 1 aliphatic heterocycles. The molecule has 1 heterocycles. The largest absolute Gasteiger partial charge is 0.488 e. The fourth-order valence-corrected chi connectivity index (χ4v) is 3.29. The molecule has 2 aromatic rings. The molecular weight excluding hydrogens is 408 g/mol. The van der Waals surface area contributed by atoms with Gasteiger partial charge in [-0.25, -0.2) is 8.78 Å². The lowest BCUT2D eigenvalue weighted by molar-refractivity contribution is 0.246. The number of rotatable bonds is 3.